The number of hydrogen-bond acceptors (Lipinski definition) is 4. The second kappa shape index (κ2) is 13.7. The molecule has 1 N–H and O–H groups in total. The predicted molar refractivity (Wildman–Crippen MR) is 155 cm³/mol. The highest BCUT2D eigenvalue weighted by molar-refractivity contribution is 9.10. The third-order valence-corrected chi connectivity index (χ3v) is 7.82. The summed E-state index contributed by atoms with van der Waals surface area (Å²) in [6, 6.07) is 20.7. The average molecular weight is 619 g/mol. The van der Waals surface area contributed by atoms with Crippen LogP contribution in [0.2, 0.25) is 0 Å². The molecule has 3 rings (SSSR count). The van der Waals surface area contributed by atoms with Crippen LogP contribution in [-0.2, 0) is 32.6 Å². The fraction of sp³-hybridized carbons (Fsp3) is 0.310. The molecule has 0 saturated heterocycles. The molecule has 0 heterocycles. The van der Waals surface area contributed by atoms with Crippen molar-refractivity contribution in [2.75, 3.05) is 23.7 Å². The largest absolute Gasteiger partial charge is 0.354 e. The number of halogens is 2. The molecule has 0 saturated carbocycles. The summed E-state index contributed by atoms with van der Waals surface area (Å²) in [6.07, 6.45) is 1.24. The SMILES string of the molecule is CC(C)CNC(=O)[C@H](Cc1ccccc1)N(Cc1ccc(F)cc1)C(=O)CN(c1ccccc1Br)S(C)(=O)=O. The first kappa shape index (κ1) is 30.3. The molecule has 3 aromatic carbocycles. The summed E-state index contributed by atoms with van der Waals surface area (Å²) >= 11 is 3.38. The first-order chi connectivity index (χ1) is 18.5. The van der Waals surface area contributed by atoms with Crippen molar-refractivity contribution in [2.24, 2.45) is 5.92 Å². The molecule has 0 aromatic heterocycles. The molecular formula is C29H33BrFN3O4S. The lowest BCUT2D eigenvalue weighted by molar-refractivity contribution is -0.140. The Hall–Kier alpha value is -3.24. The van der Waals surface area contributed by atoms with Gasteiger partial charge in [-0.2, -0.15) is 0 Å². The summed E-state index contributed by atoms with van der Waals surface area (Å²) in [5.74, 6) is -1.16. The molecule has 2 amide bonds. The quantitative estimate of drug-likeness (QED) is 0.317. The van der Waals surface area contributed by atoms with Crippen LogP contribution in [0.4, 0.5) is 10.1 Å². The van der Waals surface area contributed by atoms with Gasteiger partial charge in [-0.15, -0.1) is 0 Å². The van der Waals surface area contributed by atoms with Crippen LogP contribution in [-0.4, -0.2) is 50.5 Å². The molecule has 39 heavy (non-hydrogen) atoms. The molecule has 0 aliphatic rings. The highest BCUT2D eigenvalue weighted by Gasteiger charge is 2.33. The number of nitrogens with zero attached hydrogens (tertiary/aromatic N) is 2. The van der Waals surface area contributed by atoms with Crippen LogP contribution in [0, 0.1) is 11.7 Å². The number of sulfonamides is 1. The number of para-hydroxylation sites is 1. The van der Waals surface area contributed by atoms with Gasteiger partial charge >= 0.3 is 0 Å². The van der Waals surface area contributed by atoms with E-state index in [2.05, 4.69) is 21.2 Å². The van der Waals surface area contributed by atoms with Crippen molar-refractivity contribution in [2.45, 2.75) is 32.9 Å². The van der Waals surface area contributed by atoms with Crippen molar-refractivity contribution in [3.05, 3.63) is 100 Å². The summed E-state index contributed by atoms with van der Waals surface area (Å²) < 4.78 is 40.8. The number of nitrogens with one attached hydrogen (secondary N) is 1. The maximum atomic E-state index is 14.0. The molecule has 3 aromatic rings. The standard InChI is InChI=1S/C29H33BrFN3O4S/c1-21(2)18-32-29(36)27(17-22-9-5-4-6-10-22)33(19-23-13-15-24(31)16-14-23)28(35)20-34(39(3,37)38)26-12-8-7-11-25(26)30/h4-16,21,27H,17-20H2,1-3H3,(H,32,36)/t27-/m0/s1. The van der Waals surface area contributed by atoms with Gasteiger partial charge in [0.1, 0.15) is 18.4 Å². The Morgan fingerprint density at radius 3 is 2.13 bits per heavy atom. The zero-order valence-electron chi connectivity index (χ0n) is 22.2. The Morgan fingerprint density at radius 2 is 1.54 bits per heavy atom. The van der Waals surface area contributed by atoms with Crippen LogP contribution in [0.5, 0.6) is 0 Å². The first-order valence-electron chi connectivity index (χ1n) is 12.5. The van der Waals surface area contributed by atoms with Gasteiger partial charge in [-0.3, -0.25) is 13.9 Å². The van der Waals surface area contributed by atoms with Crippen molar-refractivity contribution >= 4 is 43.5 Å². The third-order valence-electron chi connectivity index (χ3n) is 6.02. The Balaban J connectivity index is 2.05. The molecule has 208 valence electrons. The van der Waals surface area contributed by atoms with E-state index < -0.39 is 34.3 Å². The maximum Gasteiger partial charge on any atom is 0.244 e. The van der Waals surface area contributed by atoms with Gasteiger partial charge in [0.05, 0.1) is 11.9 Å². The van der Waals surface area contributed by atoms with E-state index >= 15 is 0 Å². The molecule has 0 radical (unpaired) electrons. The highest BCUT2D eigenvalue weighted by atomic mass is 79.9. The summed E-state index contributed by atoms with van der Waals surface area (Å²) in [6.45, 7) is 3.81. The van der Waals surface area contributed by atoms with Crippen molar-refractivity contribution in [1.29, 1.82) is 0 Å². The van der Waals surface area contributed by atoms with E-state index in [0.717, 1.165) is 16.1 Å². The van der Waals surface area contributed by atoms with Crippen LogP contribution in [0.3, 0.4) is 0 Å². The monoisotopic (exact) mass is 617 g/mol. The first-order valence-corrected chi connectivity index (χ1v) is 15.2. The third kappa shape index (κ3) is 8.90. The molecule has 0 fully saturated rings. The van der Waals surface area contributed by atoms with Crippen LogP contribution in [0.25, 0.3) is 0 Å². The molecule has 7 nitrogen and oxygen atoms in total. The molecule has 0 bridgehead atoms. The molecular weight excluding hydrogens is 585 g/mol. The second-order valence-electron chi connectivity index (χ2n) is 9.71. The van der Waals surface area contributed by atoms with E-state index in [1.807, 2.05) is 44.2 Å². The van der Waals surface area contributed by atoms with E-state index in [1.165, 1.54) is 17.0 Å². The zero-order chi connectivity index (χ0) is 28.6. The number of benzene rings is 3. The number of carbonyl (C=O) groups is 2. The van der Waals surface area contributed by atoms with E-state index in [9.17, 15) is 22.4 Å². The fourth-order valence-corrected chi connectivity index (χ4v) is 5.49. The summed E-state index contributed by atoms with van der Waals surface area (Å²) in [5.41, 5.74) is 1.75. The van der Waals surface area contributed by atoms with E-state index in [-0.39, 0.29) is 24.8 Å². The zero-order valence-corrected chi connectivity index (χ0v) is 24.6. The van der Waals surface area contributed by atoms with Crippen molar-refractivity contribution in [3.8, 4) is 0 Å². The average Bonchev–Trinajstić information content (AvgIpc) is 2.89. The normalized spacial score (nSPS) is 12.2. The summed E-state index contributed by atoms with van der Waals surface area (Å²) in [5, 5.41) is 2.92. The molecule has 0 aliphatic carbocycles. The lowest BCUT2D eigenvalue weighted by atomic mass is 10.0. The van der Waals surface area contributed by atoms with Crippen molar-refractivity contribution < 1.29 is 22.4 Å². The maximum absolute atomic E-state index is 14.0. The molecule has 10 heteroatoms. The summed E-state index contributed by atoms with van der Waals surface area (Å²) in [4.78, 5) is 28.9. The van der Waals surface area contributed by atoms with Crippen molar-refractivity contribution in [3.63, 3.8) is 0 Å². The van der Waals surface area contributed by atoms with Crippen LogP contribution in [0.15, 0.2) is 83.3 Å². The molecule has 0 spiro atoms. The van der Waals surface area contributed by atoms with Gasteiger partial charge in [0.15, 0.2) is 0 Å². The van der Waals surface area contributed by atoms with E-state index in [0.29, 0.717) is 22.3 Å². The second-order valence-corrected chi connectivity index (χ2v) is 12.5. The Kier molecular flexibility index (Phi) is 10.7. The number of hydrogen-bond donors (Lipinski definition) is 1. The molecule has 0 aliphatic heterocycles. The number of carbonyl (C=O) groups excluding carboxylic acids is 2. The van der Waals surface area contributed by atoms with Gasteiger partial charge < -0.3 is 10.2 Å². The van der Waals surface area contributed by atoms with Crippen LogP contribution in [0.1, 0.15) is 25.0 Å². The molecule has 1 atom stereocenters. The lowest BCUT2D eigenvalue weighted by Gasteiger charge is -2.33. The fourth-order valence-electron chi connectivity index (χ4n) is 4.01. The number of rotatable bonds is 12. The smallest absolute Gasteiger partial charge is 0.244 e. The van der Waals surface area contributed by atoms with Gasteiger partial charge in [-0.05, 0) is 57.2 Å². The van der Waals surface area contributed by atoms with Gasteiger partial charge in [0.2, 0.25) is 21.8 Å². The predicted octanol–water partition coefficient (Wildman–Crippen LogP) is 4.77. The van der Waals surface area contributed by atoms with E-state index in [4.69, 9.17) is 0 Å². The minimum absolute atomic E-state index is 0.0146. The van der Waals surface area contributed by atoms with Crippen LogP contribution >= 0.6 is 15.9 Å². The topological polar surface area (TPSA) is 86.8 Å². The van der Waals surface area contributed by atoms with Crippen molar-refractivity contribution in [1.82, 2.24) is 10.2 Å². The lowest BCUT2D eigenvalue weighted by Crippen LogP contribution is -2.53. The molecule has 0 unspecified atom stereocenters. The van der Waals surface area contributed by atoms with Crippen LogP contribution < -0.4 is 9.62 Å². The number of amides is 2. The highest BCUT2D eigenvalue weighted by Crippen LogP contribution is 2.28. The van der Waals surface area contributed by atoms with Gasteiger partial charge in [-0.1, -0.05) is 68.4 Å². The Morgan fingerprint density at radius 1 is 0.923 bits per heavy atom. The van der Waals surface area contributed by atoms with E-state index in [1.54, 1.807) is 36.4 Å². The Labute approximate surface area is 238 Å². The Bertz CT molecular complexity index is 1370. The number of anilines is 1. The van der Waals surface area contributed by atoms with Gasteiger partial charge in [0, 0.05) is 24.0 Å². The van der Waals surface area contributed by atoms with Gasteiger partial charge in [-0.25, -0.2) is 12.8 Å². The summed E-state index contributed by atoms with van der Waals surface area (Å²) in [7, 11) is -3.87. The minimum Gasteiger partial charge on any atom is -0.354 e. The van der Waals surface area contributed by atoms with Gasteiger partial charge in [0.25, 0.3) is 0 Å². The minimum atomic E-state index is -3.87.